The number of rotatable bonds is 2. The van der Waals surface area contributed by atoms with Crippen LogP contribution < -0.4 is 5.46 Å². The van der Waals surface area contributed by atoms with E-state index < -0.39 is 0 Å². The zero-order valence-corrected chi connectivity index (χ0v) is 14.5. The topological polar surface area (TPSA) is 36.3 Å². The molecule has 122 valence electrons. The van der Waals surface area contributed by atoms with E-state index in [1.165, 1.54) is 0 Å². The highest BCUT2D eigenvalue weighted by molar-refractivity contribution is 6.62. The first-order valence-corrected chi connectivity index (χ1v) is 8.26. The van der Waals surface area contributed by atoms with Crippen molar-refractivity contribution in [1.82, 2.24) is 9.78 Å². The maximum absolute atomic E-state index is 6.13. The monoisotopic (exact) mass is 320 g/mol. The van der Waals surface area contributed by atoms with Gasteiger partial charge in [0.15, 0.2) is 0 Å². The SMILES string of the molecule is CC1(C)OB(c2ccc3cn(-c4ccccc4)nc3c2)OC1(C)C. The van der Waals surface area contributed by atoms with Gasteiger partial charge in [0.25, 0.3) is 0 Å². The Balaban J connectivity index is 1.70. The van der Waals surface area contributed by atoms with E-state index in [9.17, 15) is 0 Å². The largest absolute Gasteiger partial charge is 0.494 e. The Kier molecular flexibility index (Phi) is 3.34. The molecule has 0 saturated carbocycles. The summed E-state index contributed by atoms with van der Waals surface area (Å²) in [5.41, 5.74) is 2.31. The number of hydrogen-bond acceptors (Lipinski definition) is 3. The highest BCUT2D eigenvalue weighted by atomic mass is 16.7. The van der Waals surface area contributed by atoms with Gasteiger partial charge >= 0.3 is 7.12 Å². The van der Waals surface area contributed by atoms with Gasteiger partial charge in [-0.05, 0) is 51.4 Å². The van der Waals surface area contributed by atoms with Gasteiger partial charge < -0.3 is 9.31 Å². The molecule has 24 heavy (non-hydrogen) atoms. The smallest absolute Gasteiger partial charge is 0.399 e. The second-order valence-electron chi connectivity index (χ2n) is 7.32. The number of fused-ring (bicyclic) bond motifs is 1. The van der Waals surface area contributed by atoms with E-state index in [2.05, 4.69) is 45.9 Å². The third-order valence-corrected chi connectivity index (χ3v) is 5.08. The third kappa shape index (κ3) is 2.45. The fourth-order valence-electron chi connectivity index (χ4n) is 2.87. The van der Waals surface area contributed by atoms with Crippen molar-refractivity contribution in [3.05, 3.63) is 54.7 Å². The molecule has 0 amide bonds. The van der Waals surface area contributed by atoms with Crippen molar-refractivity contribution in [2.24, 2.45) is 0 Å². The van der Waals surface area contributed by atoms with Crippen LogP contribution in [-0.2, 0) is 9.31 Å². The molecule has 4 rings (SSSR count). The fourth-order valence-corrected chi connectivity index (χ4v) is 2.87. The Morgan fingerprint density at radius 2 is 1.58 bits per heavy atom. The van der Waals surface area contributed by atoms with Crippen LogP contribution in [0.2, 0.25) is 0 Å². The first kappa shape index (κ1) is 15.4. The molecular formula is C19H21BN2O2. The summed E-state index contributed by atoms with van der Waals surface area (Å²) >= 11 is 0. The van der Waals surface area contributed by atoms with Crippen LogP contribution in [0, 0.1) is 0 Å². The van der Waals surface area contributed by atoms with Crippen molar-refractivity contribution < 1.29 is 9.31 Å². The molecule has 5 heteroatoms. The second kappa shape index (κ2) is 5.20. The first-order valence-electron chi connectivity index (χ1n) is 8.26. The summed E-state index contributed by atoms with van der Waals surface area (Å²) < 4.78 is 14.2. The molecule has 1 saturated heterocycles. The highest BCUT2D eigenvalue weighted by Gasteiger charge is 2.51. The molecule has 1 aromatic heterocycles. The maximum Gasteiger partial charge on any atom is 0.494 e. The Hall–Kier alpha value is -2.11. The van der Waals surface area contributed by atoms with Crippen molar-refractivity contribution >= 4 is 23.5 Å². The molecule has 1 aliphatic rings. The lowest BCUT2D eigenvalue weighted by Crippen LogP contribution is -2.41. The number of aromatic nitrogens is 2. The molecule has 3 aromatic rings. The number of benzene rings is 2. The Bertz CT molecular complexity index is 871. The van der Waals surface area contributed by atoms with E-state index in [-0.39, 0.29) is 18.3 Å². The molecule has 0 N–H and O–H groups in total. The van der Waals surface area contributed by atoms with Gasteiger partial charge in [-0.3, -0.25) is 0 Å². The summed E-state index contributed by atoms with van der Waals surface area (Å²) in [4.78, 5) is 0. The lowest BCUT2D eigenvalue weighted by Gasteiger charge is -2.32. The normalized spacial score (nSPS) is 19.1. The summed E-state index contributed by atoms with van der Waals surface area (Å²) in [7, 11) is -0.360. The van der Waals surface area contributed by atoms with E-state index in [0.29, 0.717) is 0 Å². The molecule has 1 fully saturated rings. The van der Waals surface area contributed by atoms with Crippen LogP contribution in [0.1, 0.15) is 27.7 Å². The summed E-state index contributed by atoms with van der Waals surface area (Å²) in [6, 6.07) is 16.3. The van der Waals surface area contributed by atoms with Gasteiger partial charge in [0.05, 0.1) is 22.4 Å². The predicted molar refractivity (Wildman–Crippen MR) is 96.8 cm³/mol. The maximum atomic E-state index is 6.13. The van der Waals surface area contributed by atoms with Crippen LogP contribution in [0.4, 0.5) is 0 Å². The van der Waals surface area contributed by atoms with Crippen LogP contribution in [0.15, 0.2) is 54.7 Å². The van der Waals surface area contributed by atoms with Crippen molar-refractivity contribution in [2.45, 2.75) is 38.9 Å². The molecule has 1 aliphatic heterocycles. The molecule has 2 heterocycles. The summed E-state index contributed by atoms with van der Waals surface area (Å²) in [6.45, 7) is 8.26. The molecule has 0 spiro atoms. The van der Waals surface area contributed by atoms with Crippen LogP contribution >= 0.6 is 0 Å². The van der Waals surface area contributed by atoms with E-state index in [1.54, 1.807) is 0 Å². The lowest BCUT2D eigenvalue weighted by atomic mass is 9.79. The van der Waals surface area contributed by atoms with Gasteiger partial charge in [-0.25, -0.2) is 4.68 Å². The number of hydrogen-bond donors (Lipinski definition) is 0. The average molecular weight is 320 g/mol. The Morgan fingerprint density at radius 3 is 2.25 bits per heavy atom. The van der Waals surface area contributed by atoms with Gasteiger partial charge in [-0.1, -0.05) is 30.3 Å². The Morgan fingerprint density at radius 1 is 0.917 bits per heavy atom. The van der Waals surface area contributed by atoms with E-state index >= 15 is 0 Å². The van der Waals surface area contributed by atoms with Gasteiger partial charge in [0.2, 0.25) is 0 Å². The van der Waals surface area contributed by atoms with Gasteiger partial charge in [0, 0.05) is 11.6 Å². The molecule has 0 unspecified atom stereocenters. The molecular weight excluding hydrogens is 299 g/mol. The van der Waals surface area contributed by atoms with Gasteiger partial charge in [0.1, 0.15) is 0 Å². The highest BCUT2D eigenvalue weighted by Crippen LogP contribution is 2.36. The van der Waals surface area contributed by atoms with Crippen molar-refractivity contribution in [2.75, 3.05) is 0 Å². The fraction of sp³-hybridized carbons (Fsp3) is 0.316. The molecule has 0 radical (unpaired) electrons. The van der Waals surface area contributed by atoms with Crippen molar-refractivity contribution in [3.8, 4) is 5.69 Å². The van der Waals surface area contributed by atoms with Crippen LogP contribution in [0.25, 0.3) is 16.6 Å². The van der Waals surface area contributed by atoms with E-state index in [1.807, 2.05) is 41.2 Å². The standard InChI is InChI=1S/C19H21BN2O2/c1-18(2)19(3,4)24-20(23-18)15-11-10-14-13-22(21-17(14)12-15)16-8-6-5-7-9-16/h5-13H,1-4H3. The zero-order chi connectivity index (χ0) is 16.9. The van der Waals surface area contributed by atoms with Gasteiger partial charge in [-0.2, -0.15) is 5.10 Å². The quantitative estimate of drug-likeness (QED) is 0.680. The molecule has 0 bridgehead atoms. The number of nitrogens with zero attached hydrogens (tertiary/aromatic N) is 2. The van der Waals surface area contributed by atoms with Crippen molar-refractivity contribution in [1.29, 1.82) is 0 Å². The predicted octanol–water partition coefficient (Wildman–Crippen LogP) is 3.32. The molecule has 4 nitrogen and oxygen atoms in total. The summed E-state index contributed by atoms with van der Waals surface area (Å²) in [5.74, 6) is 0. The minimum absolute atomic E-state index is 0.337. The van der Waals surface area contributed by atoms with Gasteiger partial charge in [-0.15, -0.1) is 0 Å². The summed E-state index contributed by atoms with van der Waals surface area (Å²) in [6.07, 6.45) is 2.04. The van der Waals surface area contributed by atoms with Crippen LogP contribution in [0.3, 0.4) is 0 Å². The van der Waals surface area contributed by atoms with Crippen LogP contribution in [-0.4, -0.2) is 28.1 Å². The van der Waals surface area contributed by atoms with E-state index in [0.717, 1.165) is 22.1 Å². The Labute approximate surface area is 142 Å². The minimum atomic E-state index is -0.360. The molecule has 2 aromatic carbocycles. The average Bonchev–Trinajstić information content (AvgIpc) is 3.06. The van der Waals surface area contributed by atoms with Crippen molar-refractivity contribution in [3.63, 3.8) is 0 Å². The van der Waals surface area contributed by atoms with E-state index in [4.69, 9.17) is 14.4 Å². The third-order valence-electron chi connectivity index (χ3n) is 5.08. The minimum Gasteiger partial charge on any atom is -0.399 e. The van der Waals surface area contributed by atoms with Crippen LogP contribution in [0.5, 0.6) is 0 Å². The molecule has 0 aliphatic carbocycles. The molecule has 0 atom stereocenters. The first-order chi connectivity index (χ1) is 11.4. The second-order valence-corrected chi connectivity index (χ2v) is 7.32. The number of para-hydroxylation sites is 1. The lowest BCUT2D eigenvalue weighted by molar-refractivity contribution is 0.00578. The zero-order valence-electron chi connectivity index (χ0n) is 14.5. The summed E-state index contributed by atoms with van der Waals surface area (Å²) in [5, 5.41) is 5.79.